The minimum Gasteiger partial charge on any atom is -0.493 e. The molecule has 3 rings (SSSR count). The quantitative estimate of drug-likeness (QED) is 0.588. The summed E-state index contributed by atoms with van der Waals surface area (Å²) in [5.41, 5.74) is 4.68. The minimum absolute atomic E-state index is 0.416. The third-order valence-corrected chi connectivity index (χ3v) is 5.07. The van der Waals surface area contributed by atoms with E-state index >= 15 is 0 Å². The van der Waals surface area contributed by atoms with E-state index in [4.69, 9.17) is 14.2 Å². The first-order valence-electron chi connectivity index (χ1n) is 8.86. The summed E-state index contributed by atoms with van der Waals surface area (Å²) in [5.74, 6) is 1.36. The zero-order valence-electron chi connectivity index (χ0n) is 17.0. The summed E-state index contributed by atoms with van der Waals surface area (Å²) in [7, 11) is 4.56. The van der Waals surface area contributed by atoms with E-state index in [0.29, 0.717) is 28.1 Å². The van der Waals surface area contributed by atoms with Crippen molar-refractivity contribution in [3.8, 4) is 28.5 Å². The normalized spacial score (nSPS) is 10.4. The van der Waals surface area contributed by atoms with Crippen LogP contribution in [0.5, 0.6) is 17.2 Å². The van der Waals surface area contributed by atoms with Crippen LogP contribution in [0, 0.1) is 13.8 Å². The number of ether oxygens (including phenoxy) is 3. The Balaban J connectivity index is 1.75. The van der Waals surface area contributed by atoms with Crippen molar-refractivity contribution < 1.29 is 19.0 Å². The van der Waals surface area contributed by atoms with Gasteiger partial charge in [-0.2, -0.15) is 0 Å². The van der Waals surface area contributed by atoms with Crippen molar-refractivity contribution in [1.29, 1.82) is 0 Å². The van der Waals surface area contributed by atoms with E-state index in [1.165, 1.54) is 32.7 Å². The highest BCUT2D eigenvalue weighted by atomic mass is 32.1. The number of rotatable bonds is 6. The number of carbonyl (C=O) groups is 1. The molecule has 2 N–H and O–H groups in total. The second-order valence-corrected chi connectivity index (χ2v) is 7.21. The Morgan fingerprint density at radius 1 is 0.966 bits per heavy atom. The molecule has 0 bridgehead atoms. The molecule has 0 atom stereocenters. The molecule has 0 aliphatic heterocycles. The van der Waals surface area contributed by atoms with Crippen LogP contribution in [0.3, 0.4) is 0 Å². The zero-order chi connectivity index (χ0) is 21.0. The van der Waals surface area contributed by atoms with E-state index in [1.807, 2.05) is 19.2 Å². The van der Waals surface area contributed by atoms with Crippen molar-refractivity contribution in [3.63, 3.8) is 0 Å². The topological polar surface area (TPSA) is 81.7 Å². The monoisotopic (exact) mass is 413 g/mol. The number of methoxy groups -OCH3 is 3. The van der Waals surface area contributed by atoms with Gasteiger partial charge in [0.05, 0.1) is 32.7 Å². The molecule has 1 heterocycles. The number of aromatic nitrogens is 1. The van der Waals surface area contributed by atoms with Gasteiger partial charge in [-0.3, -0.25) is 5.32 Å². The standard InChI is InChI=1S/C21H23N3O4S/c1-12-6-7-13(2)15(8-12)16-11-29-21(23-16)24-20(25)22-14-9-17(26-3)19(28-5)18(10-14)27-4/h6-11H,1-5H3,(H2,22,23,24,25). The second kappa shape index (κ2) is 8.83. The van der Waals surface area contributed by atoms with Gasteiger partial charge < -0.3 is 19.5 Å². The predicted octanol–water partition coefficient (Wildman–Crippen LogP) is 5.10. The van der Waals surface area contributed by atoms with Crippen molar-refractivity contribution in [2.45, 2.75) is 13.8 Å². The summed E-state index contributed by atoms with van der Waals surface area (Å²) in [6.07, 6.45) is 0. The summed E-state index contributed by atoms with van der Waals surface area (Å²) in [5, 5.41) is 7.96. The van der Waals surface area contributed by atoms with Crippen LogP contribution in [0.1, 0.15) is 11.1 Å². The van der Waals surface area contributed by atoms with Gasteiger partial charge in [-0.25, -0.2) is 9.78 Å². The molecule has 7 nitrogen and oxygen atoms in total. The maximum atomic E-state index is 12.4. The summed E-state index contributed by atoms with van der Waals surface area (Å²) < 4.78 is 15.9. The summed E-state index contributed by atoms with van der Waals surface area (Å²) in [6.45, 7) is 4.08. The smallest absolute Gasteiger partial charge is 0.325 e. The molecule has 0 spiro atoms. The molecular weight excluding hydrogens is 390 g/mol. The molecule has 3 aromatic rings. The second-order valence-electron chi connectivity index (χ2n) is 6.35. The van der Waals surface area contributed by atoms with Crippen molar-refractivity contribution in [1.82, 2.24) is 4.98 Å². The van der Waals surface area contributed by atoms with Gasteiger partial charge in [-0.1, -0.05) is 17.7 Å². The van der Waals surface area contributed by atoms with Gasteiger partial charge in [0.1, 0.15) is 0 Å². The maximum absolute atomic E-state index is 12.4. The number of aryl methyl sites for hydroxylation is 2. The van der Waals surface area contributed by atoms with Crippen LogP contribution in [0.15, 0.2) is 35.7 Å². The lowest BCUT2D eigenvalue weighted by molar-refractivity contribution is 0.262. The number of benzene rings is 2. The van der Waals surface area contributed by atoms with E-state index in [1.54, 1.807) is 12.1 Å². The fraction of sp³-hybridized carbons (Fsp3) is 0.238. The molecular formula is C21H23N3O4S. The van der Waals surface area contributed by atoms with Gasteiger partial charge >= 0.3 is 6.03 Å². The molecule has 0 radical (unpaired) electrons. The number of urea groups is 1. The Kier molecular flexibility index (Phi) is 6.23. The van der Waals surface area contributed by atoms with Gasteiger partial charge in [0.15, 0.2) is 16.6 Å². The summed E-state index contributed by atoms with van der Waals surface area (Å²) in [4.78, 5) is 17.0. The van der Waals surface area contributed by atoms with Crippen LogP contribution >= 0.6 is 11.3 Å². The largest absolute Gasteiger partial charge is 0.493 e. The first-order valence-corrected chi connectivity index (χ1v) is 9.74. The van der Waals surface area contributed by atoms with E-state index in [9.17, 15) is 4.79 Å². The van der Waals surface area contributed by atoms with Gasteiger partial charge in [0, 0.05) is 23.1 Å². The van der Waals surface area contributed by atoms with E-state index in [2.05, 4.69) is 33.8 Å². The number of amides is 2. The lowest BCUT2D eigenvalue weighted by atomic mass is 10.0. The van der Waals surface area contributed by atoms with Gasteiger partial charge in [-0.15, -0.1) is 11.3 Å². The van der Waals surface area contributed by atoms with Crippen LogP contribution in [0.4, 0.5) is 15.6 Å². The number of thiazole rings is 1. The molecule has 29 heavy (non-hydrogen) atoms. The average Bonchev–Trinajstić information content (AvgIpc) is 3.16. The van der Waals surface area contributed by atoms with Crippen molar-refractivity contribution in [2.75, 3.05) is 32.0 Å². The first-order chi connectivity index (χ1) is 13.9. The highest BCUT2D eigenvalue weighted by Gasteiger charge is 2.15. The average molecular weight is 413 g/mol. The molecule has 0 saturated carbocycles. The predicted molar refractivity (Wildman–Crippen MR) is 116 cm³/mol. The number of nitrogens with zero attached hydrogens (tertiary/aromatic N) is 1. The molecule has 1 aromatic heterocycles. The van der Waals surface area contributed by atoms with Gasteiger partial charge in [0.2, 0.25) is 5.75 Å². The Morgan fingerprint density at radius 3 is 2.28 bits per heavy atom. The Labute approximate surface area is 173 Å². The van der Waals surface area contributed by atoms with Crippen LogP contribution in [-0.2, 0) is 0 Å². The number of anilines is 2. The minimum atomic E-state index is -0.416. The molecule has 2 amide bonds. The van der Waals surface area contributed by atoms with Crippen molar-refractivity contribution >= 4 is 28.2 Å². The Bertz CT molecular complexity index is 1010. The van der Waals surface area contributed by atoms with E-state index < -0.39 is 6.03 Å². The highest BCUT2D eigenvalue weighted by molar-refractivity contribution is 7.14. The lowest BCUT2D eigenvalue weighted by Crippen LogP contribution is -2.19. The lowest BCUT2D eigenvalue weighted by Gasteiger charge is -2.14. The molecule has 0 aliphatic rings. The SMILES string of the molecule is COc1cc(NC(=O)Nc2nc(-c3cc(C)ccc3C)cs2)cc(OC)c1OC. The number of carbonyl (C=O) groups excluding carboxylic acids is 1. The summed E-state index contributed by atoms with van der Waals surface area (Å²) >= 11 is 1.37. The molecule has 8 heteroatoms. The molecule has 0 unspecified atom stereocenters. The highest BCUT2D eigenvalue weighted by Crippen LogP contribution is 2.40. The Morgan fingerprint density at radius 2 is 1.66 bits per heavy atom. The van der Waals surface area contributed by atoms with Crippen LogP contribution in [0.2, 0.25) is 0 Å². The molecule has 0 fully saturated rings. The third kappa shape index (κ3) is 4.60. The molecule has 2 aromatic carbocycles. The molecule has 152 valence electrons. The van der Waals surface area contributed by atoms with Gasteiger partial charge in [-0.05, 0) is 25.5 Å². The number of hydrogen-bond acceptors (Lipinski definition) is 6. The number of hydrogen-bond donors (Lipinski definition) is 2. The fourth-order valence-electron chi connectivity index (χ4n) is 2.88. The van der Waals surface area contributed by atoms with Gasteiger partial charge in [0.25, 0.3) is 0 Å². The fourth-order valence-corrected chi connectivity index (χ4v) is 3.58. The van der Waals surface area contributed by atoms with Crippen LogP contribution in [0.25, 0.3) is 11.3 Å². The molecule has 0 saturated heterocycles. The maximum Gasteiger partial charge on any atom is 0.325 e. The van der Waals surface area contributed by atoms with E-state index in [-0.39, 0.29) is 0 Å². The number of nitrogens with one attached hydrogen (secondary N) is 2. The van der Waals surface area contributed by atoms with Crippen LogP contribution < -0.4 is 24.8 Å². The van der Waals surface area contributed by atoms with E-state index in [0.717, 1.165) is 22.4 Å². The van der Waals surface area contributed by atoms with Crippen LogP contribution in [-0.4, -0.2) is 32.3 Å². The first kappa shape index (κ1) is 20.5. The third-order valence-electron chi connectivity index (χ3n) is 4.32. The summed E-state index contributed by atoms with van der Waals surface area (Å²) in [6, 6.07) is 9.11. The molecule has 0 aliphatic carbocycles. The van der Waals surface area contributed by atoms with Crippen molar-refractivity contribution in [3.05, 3.63) is 46.8 Å². The zero-order valence-corrected chi connectivity index (χ0v) is 17.8. The van der Waals surface area contributed by atoms with Crippen molar-refractivity contribution in [2.24, 2.45) is 0 Å². The Hall–Kier alpha value is -3.26.